The molecule has 1 fully saturated rings. The second-order valence-corrected chi connectivity index (χ2v) is 6.72. The molecule has 1 heterocycles. The minimum atomic E-state index is 0.0729. The second kappa shape index (κ2) is 6.44. The number of nitrogens with one attached hydrogen (secondary N) is 1. The normalized spacial score (nSPS) is 14.0. The predicted molar refractivity (Wildman–Crippen MR) is 83.8 cm³/mol. The van der Waals surface area contributed by atoms with Crippen molar-refractivity contribution in [3.8, 4) is 17.1 Å². The summed E-state index contributed by atoms with van der Waals surface area (Å²) in [6, 6.07) is 8.02. The van der Waals surface area contributed by atoms with Gasteiger partial charge in [0.15, 0.2) is 10.2 Å². The fourth-order valence-electron chi connectivity index (χ4n) is 1.75. The maximum Gasteiger partial charge on any atom is 0.230 e. The molecule has 1 aromatic carbocycles. The van der Waals surface area contributed by atoms with Gasteiger partial charge in [0.25, 0.3) is 0 Å². The van der Waals surface area contributed by atoms with Crippen molar-refractivity contribution in [2.75, 3.05) is 12.9 Å². The number of aromatic nitrogens is 2. The zero-order valence-electron chi connectivity index (χ0n) is 11.5. The lowest BCUT2D eigenvalue weighted by Crippen LogP contribution is -2.26. The molecule has 0 radical (unpaired) electrons. The maximum absolute atomic E-state index is 11.6. The smallest absolute Gasteiger partial charge is 0.230 e. The van der Waals surface area contributed by atoms with Crippen LogP contribution >= 0.6 is 23.3 Å². The van der Waals surface area contributed by atoms with Crippen LogP contribution in [-0.4, -0.2) is 34.2 Å². The fraction of sp³-hybridized carbons (Fsp3) is 0.357. The highest BCUT2D eigenvalue weighted by molar-refractivity contribution is 8.01. The van der Waals surface area contributed by atoms with Crippen molar-refractivity contribution < 1.29 is 9.53 Å². The first-order valence-corrected chi connectivity index (χ1v) is 8.41. The molecule has 0 atom stereocenters. The number of amides is 1. The zero-order chi connectivity index (χ0) is 14.7. The lowest BCUT2D eigenvalue weighted by Gasteiger charge is -2.00. The first kappa shape index (κ1) is 14.3. The SMILES string of the molecule is COc1ccc(-c2nsc(SCC(=O)NC3CC3)n2)cc1. The summed E-state index contributed by atoms with van der Waals surface area (Å²) in [6.45, 7) is 0. The van der Waals surface area contributed by atoms with E-state index in [1.54, 1.807) is 7.11 Å². The van der Waals surface area contributed by atoms with Crippen LogP contribution in [0.2, 0.25) is 0 Å². The number of carbonyl (C=O) groups is 1. The molecule has 1 amide bonds. The Morgan fingerprint density at radius 1 is 1.43 bits per heavy atom. The quantitative estimate of drug-likeness (QED) is 0.829. The van der Waals surface area contributed by atoms with E-state index < -0.39 is 0 Å². The summed E-state index contributed by atoms with van der Waals surface area (Å²) < 4.78 is 10.3. The minimum Gasteiger partial charge on any atom is -0.497 e. The molecule has 0 spiro atoms. The third-order valence-corrected chi connectivity index (χ3v) is 4.86. The van der Waals surface area contributed by atoms with Crippen LogP contribution in [0.1, 0.15) is 12.8 Å². The van der Waals surface area contributed by atoms with Gasteiger partial charge in [-0.3, -0.25) is 4.79 Å². The topological polar surface area (TPSA) is 64.1 Å². The Labute approximate surface area is 131 Å². The highest BCUT2D eigenvalue weighted by Crippen LogP contribution is 2.26. The number of benzene rings is 1. The lowest BCUT2D eigenvalue weighted by atomic mass is 10.2. The van der Waals surface area contributed by atoms with Gasteiger partial charge in [-0.15, -0.1) is 0 Å². The van der Waals surface area contributed by atoms with Gasteiger partial charge in [0.2, 0.25) is 5.91 Å². The zero-order valence-corrected chi connectivity index (χ0v) is 13.2. The number of hydrogen-bond donors (Lipinski definition) is 1. The molecule has 21 heavy (non-hydrogen) atoms. The Bertz CT molecular complexity index is 623. The number of nitrogens with zero attached hydrogens (tertiary/aromatic N) is 2. The lowest BCUT2D eigenvalue weighted by molar-refractivity contribution is -0.118. The first-order chi connectivity index (χ1) is 10.2. The van der Waals surface area contributed by atoms with Crippen LogP contribution in [0.25, 0.3) is 11.4 Å². The van der Waals surface area contributed by atoms with Gasteiger partial charge in [-0.25, -0.2) is 4.98 Å². The fourth-order valence-corrected chi connectivity index (χ4v) is 3.18. The predicted octanol–water partition coefficient (Wildman–Crippen LogP) is 2.58. The summed E-state index contributed by atoms with van der Waals surface area (Å²) in [6.07, 6.45) is 2.22. The number of ether oxygens (including phenoxy) is 1. The molecule has 7 heteroatoms. The van der Waals surface area contributed by atoms with Crippen LogP contribution in [0.4, 0.5) is 0 Å². The van der Waals surface area contributed by atoms with Crippen molar-refractivity contribution >= 4 is 29.2 Å². The highest BCUT2D eigenvalue weighted by atomic mass is 32.2. The molecule has 0 aliphatic heterocycles. The Kier molecular flexibility index (Phi) is 4.40. The van der Waals surface area contributed by atoms with E-state index in [0.717, 1.165) is 28.5 Å². The Morgan fingerprint density at radius 3 is 2.86 bits per heavy atom. The van der Waals surface area contributed by atoms with E-state index in [-0.39, 0.29) is 5.91 Å². The highest BCUT2D eigenvalue weighted by Gasteiger charge is 2.23. The Morgan fingerprint density at radius 2 is 2.19 bits per heavy atom. The van der Waals surface area contributed by atoms with E-state index in [2.05, 4.69) is 14.7 Å². The molecule has 0 unspecified atom stereocenters. The number of rotatable bonds is 6. The van der Waals surface area contributed by atoms with Crippen molar-refractivity contribution in [1.82, 2.24) is 14.7 Å². The van der Waals surface area contributed by atoms with Gasteiger partial charge in [0.1, 0.15) is 5.75 Å². The number of hydrogen-bond acceptors (Lipinski definition) is 6. The Balaban J connectivity index is 1.58. The molecule has 0 saturated heterocycles. The summed E-state index contributed by atoms with van der Waals surface area (Å²) in [5.41, 5.74) is 0.946. The average molecular weight is 321 g/mol. The molecule has 2 aromatic rings. The molecule has 1 aliphatic rings. The van der Waals surface area contributed by atoms with Crippen LogP contribution in [0.15, 0.2) is 28.6 Å². The average Bonchev–Trinajstić information content (AvgIpc) is 3.19. The van der Waals surface area contributed by atoms with E-state index in [4.69, 9.17) is 4.74 Å². The molecule has 1 aromatic heterocycles. The van der Waals surface area contributed by atoms with Gasteiger partial charge in [0, 0.05) is 11.6 Å². The molecule has 5 nitrogen and oxygen atoms in total. The Hall–Kier alpha value is -1.60. The molecule has 1 N–H and O–H groups in total. The van der Waals surface area contributed by atoms with E-state index in [9.17, 15) is 4.79 Å². The minimum absolute atomic E-state index is 0.0729. The van der Waals surface area contributed by atoms with Crippen molar-refractivity contribution in [2.45, 2.75) is 23.2 Å². The van der Waals surface area contributed by atoms with Crippen molar-refractivity contribution in [3.05, 3.63) is 24.3 Å². The summed E-state index contributed by atoms with van der Waals surface area (Å²) >= 11 is 2.75. The van der Waals surface area contributed by atoms with Gasteiger partial charge in [-0.1, -0.05) is 11.8 Å². The number of carbonyl (C=O) groups excluding carboxylic acids is 1. The van der Waals surface area contributed by atoms with Gasteiger partial charge >= 0.3 is 0 Å². The van der Waals surface area contributed by atoms with Gasteiger partial charge < -0.3 is 10.1 Å². The third-order valence-electron chi connectivity index (χ3n) is 3.02. The second-order valence-electron chi connectivity index (χ2n) is 4.74. The van der Waals surface area contributed by atoms with Crippen LogP contribution in [0.5, 0.6) is 5.75 Å². The summed E-state index contributed by atoms with van der Waals surface area (Å²) in [5.74, 6) is 1.96. The van der Waals surface area contributed by atoms with Crippen LogP contribution in [0, 0.1) is 0 Å². The molecule has 3 rings (SSSR count). The van der Waals surface area contributed by atoms with E-state index in [0.29, 0.717) is 17.6 Å². The summed E-state index contributed by atoms with van der Waals surface area (Å²) in [7, 11) is 1.64. The largest absolute Gasteiger partial charge is 0.497 e. The number of methoxy groups -OCH3 is 1. The first-order valence-electron chi connectivity index (χ1n) is 6.65. The maximum atomic E-state index is 11.6. The molecule has 110 valence electrons. The van der Waals surface area contributed by atoms with Gasteiger partial charge in [-0.05, 0) is 48.6 Å². The van der Waals surface area contributed by atoms with Crippen molar-refractivity contribution in [3.63, 3.8) is 0 Å². The van der Waals surface area contributed by atoms with Crippen LogP contribution in [-0.2, 0) is 4.79 Å². The van der Waals surface area contributed by atoms with E-state index in [1.807, 2.05) is 24.3 Å². The van der Waals surface area contributed by atoms with Crippen LogP contribution < -0.4 is 10.1 Å². The molecule has 0 bridgehead atoms. The monoisotopic (exact) mass is 321 g/mol. The molecule has 1 saturated carbocycles. The molecular formula is C14H15N3O2S2. The van der Waals surface area contributed by atoms with Crippen molar-refractivity contribution in [2.24, 2.45) is 0 Å². The van der Waals surface area contributed by atoms with E-state index >= 15 is 0 Å². The van der Waals surface area contributed by atoms with Crippen LogP contribution in [0.3, 0.4) is 0 Å². The van der Waals surface area contributed by atoms with Gasteiger partial charge in [-0.2, -0.15) is 4.37 Å². The van der Waals surface area contributed by atoms with Gasteiger partial charge in [0.05, 0.1) is 12.9 Å². The number of thioether (sulfide) groups is 1. The summed E-state index contributed by atoms with van der Waals surface area (Å²) in [4.78, 5) is 16.1. The van der Waals surface area contributed by atoms with Crippen molar-refractivity contribution in [1.29, 1.82) is 0 Å². The molecular weight excluding hydrogens is 306 g/mol. The standard InChI is InChI=1S/C14H15N3O2S2/c1-19-11-6-2-9(3-7-11)13-16-14(21-17-13)20-8-12(18)15-10-4-5-10/h2-3,6-7,10H,4-5,8H2,1H3,(H,15,18). The van der Waals surface area contributed by atoms with E-state index in [1.165, 1.54) is 23.3 Å². The third kappa shape index (κ3) is 3.95. The summed E-state index contributed by atoms with van der Waals surface area (Å²) in [5, 5.41) is 2.96. The molecule has 1 aliphatic carbocycles.